The Kier molecular flexibility index (Phi) is 3.41. The van der Waals surface area contributed by atoms with E-state index < -0.39 is 18.5 Å². The van der Waals surface area contributed by atoms with Crippen molar-refractivity contribution in [2.24, 2.45) is 0 Å². The second kappa shape index (κ2) is 4.42. The molecule has 17 heavy (non-hydrogen) atoms. The zero-order valence-corrected chi connectivity index (χ0v) is 11.9. The van der Waals surface area contributed by atoms with Crippen molar-refractivity contribution in [3.63, 3.8) is 0 Å². The Morgan fingerprint density at radius 1 is 1.29 bits per heavy atom. The number of alkyl halides is 3. The summed E-state index contributed by atoms with van der Waals surface area (Å²) in [4.78, 5) is 0. The predicted octanol–water partition coefficient (Wildman–Crippen LogP) is 4.71. The van der Waals surface area contributed by atoms with Crippen LogP contribution in [-0.4, -0.2) is 10.7 Å². The lowest BCUT2D eigenvalue weighted by molar-refractivity contribution is -0.140. The van der Waals surface area contributed by atoms with Crippen molar-refractivity contribution in [3.05, 3.63) is 32.2 Å². The van der Waals surface area contributed by atoms with Crippen molar-refractivity contribution in [2.45, 2.75) is 12.7 Å². The molecule has 0 N–H and O–H groups in total. The van der Waals surface area contributed by atoms with E-state index in [-0.39, 0.29) is 14.6 Å². The lowest BCUT2D eigenvalue weighted by Crippen LogP contribution is -2.18. The normalized spacial score (nSPS) is 12.4. The summed E-state index contributed by atoms with van der Waals surface area (Å²) in [5.41, 5.74) is 0.235. The van der Waals surface area contributed by atoms with E-state index in [0.717, 1.165) is 4.57 Å². The molecule has 1 aromatic carbocycles. The molecule has 0 spiro atoms. The fourth-order valence-electron chi connectivity index (χ4n) is 1.62. The molecule has 0 fully saturated rings. The van der Waals surface area contributed by atoms with E-state index in [1.54, 1.807) is 34.7 Å². The van der Waals surface area contributed by atoms with Gasteiger partial charge in [0.2, 0.25) is 0 Å². The molecular formula is C10H5BrF4IN. The van der Waals surface area contributed by atoms with E-state index in [1.165, 1.54) is 6.07 Å². The molecule has 0 saturated carbocycles. The largest absolute Gasteiger partial charge is 0.406 e. The third-order valence-electron chi connectivity index (χ3n) is 2.26. The Morgan fingerprint density at radius 3 is 2.53 bits per heavy atom. The van der Waals surface area contributed by atoms with Gasteiger partial charge in [-0.25, -0.2) is 4.39 Å². The number of benzene rings is 1. The van der Waals surface area contributed by atoms with Crippen LogP contribution in [-0.2, 0) is 6.54 Å². The van der Waals surface area contributed by atoms with Crippen molar-refractivity contribution in [1.29, 1.82) is 0 Å². The maximum Gasteiger partial charge on any atom is 0.406 e. The van der Waals surface area contributed by atoms with Crippen LogP contribution >= 0.6 is 38.5 Å². The van der Waals surface area contributed by atoms with Crippen LogP contribution in [0.2, 0.25) is 0 Å². The minimum absolute atomic E-state index is 0.0400. The molecule has 0 saturated heterocycles. The van der Waals surface area contributed by atoms with Gasteiger partial charge in [-0.2, -0.15) is 13.2 Å². The summed E-state index contributed by atoms with van der Waals surface area (Å²) in [6.45, 7) is -1.19. The van der Waals surface area contributed by atoms with Crippen LogP contribution in [0, 0.1) is 9.52 Å². The van der Waals surface area contributed by atoms with Gasteiger partial charge in [0.1, 0.15) is 10.2 Å². The molecule has 1 nitrogen and oxygen atoms in total. The van der Waals surface area contributed by atoms with Gasteiger partial charge in [0.15, 0.2) is 5.82 Å². The first-order valence-corrected chi connectivity index (χ1v) is 6.37. The topological polar surface area (TPSA) is 4.93 Å². The van der Waals surface area contributed by atoms with E-state index in [4.69, 9.17) is 0 Å². The number of rotatable bonds is 1. The Labute approximate surface area is 116 Å². The Hall–Kier alpha value is -0.310. The molecule has 0 amide bonds. The smallest absolute Gasteiger partial charge is 0.324 e. The molecule has 0 atom stereocenters. The molecule has 92 valence electrons. The number of hydrogen-bond acceptors (Lipinski definition) is 0. The van der Waals surface area contributed by atoms with E-state index in [9.17, 15) is 17.6 Å². The van der Waals surface area contributed by atoms with Crippen LogP contribution in [0.5, 0.6) is 0 Å². The molecule has 0 unspecified atom stereocenters. The van der Waals surface area contributed by atoms with Crippen LogP contribution < -0.4 is 0 Å². The number of fused-ring (bicyclic) bond motifs is 1. The van der Waals surface area contributed by atoms with Crippen LogP contribution in [0.15, 0.2) is 22.7 Å². The molecule has 1 aromatic heterocycles. The van der Waals surface area contributed by atoms with Crippen molar-refractivity contribution in [1.82, 2.24) is 4.57 Å². The predicted molar refractivity (Wildman–Crippen MR) is 68.4 cm³/mol. The number of hydrogen-bond donors (Lipinski definition) is 0. The van der Waals surface area contributed by atoms with Crippen LogP contribution in [0.1, 0.15) is 0 Å². The summed E-state index contributed by atoms with van der Waals surface area (Å²) < 4.78 is 52.4. The van der Waals surface area contributed by atoms with E-state index in [1.807, 2.05) is 0 Å². The summed E-state index contributed by atoms with van der Waals surface area (Å²) >= 11 is 4.72. The molecule has 0 bridgehead atoms. The first-order chi connectivity index (χ1) is 7.81. The highest BCUT2D eigenvalue weighted by atomic mass is 127. The number of nitrogens with zero attached hydrogens (tertiary/aromatic N) is 1. The first-order valence-electron chi connectivity index (χ1n) is 4.49. The summed E-state index contributed by atoms with van der Waals surface area (Å²) in [5, 5.41) is 0.182. The van der Waals surface area contributed by atoms with E-state index in [0.29, 0.717) is 4.47 Å². The van der Waals surface area contributed by atoms with Crippen LogP contribution in [0.3, 0.4) is 0 Å². The van der Waals surface area contributed by atoms with Gasteiger partial charge in [0.05, 0.1) is 10.9 Å². The van der Waals surface area contributed by atoms with Gasteiger partial charge >= 0.3 is 6.18 Å². The highest BCUT2D eigenvalue weighted by Crippen LogP contribution is 2.33. The van der Waals surface area contributed by atoms with Gasteiger partial charge in [-0.1, -0.05) is 6.07 Å². The average Bonchev–Trinajstić information content (AvgIpc) is 2.43. The van der Waals surface area contributed by atoms with Gasteiger partial charge < -0.3 is 4.57 Å². The fraction of sp³-hybridized carbons (Fsp3) is 0.200. The van der Waals surface area contributed by atoms with Crippen molar-refractivity contribution >= 4 is 49.4 Å². The van der Waals surface area contributed by atoms with Gasteiger partial charge in [-0.3, -0.25) is 0 Å². The fourth-order valence-corrected chi connectivity index (χ4v) is 2.85. The number of halogens is 6. The van der Waals surface area contributed by atoms with Gasteiger partial charge in [-0.05, 0) is 50.7 Å². The molecule has 0 aliphatic carbocycles. The Morgan fingerprint density at radius 2 is 1.94 bits per heavy atom. The summed E-state index contributed by atoms with van der Waals surface area (Å²) in [6, 6.07) is 4.64. The molecular weight excluding hydrogens is 417 g/mol. The van der Waals surface area contributed by atoms with Crippen molar-refractivity contribution in [2.75, 3.05) is 0 Å². The molecule has 2 aromatic rings. The standard InChI is InChI=1S/C10H5BrF4IN/c11-5-2-1-3-6-7(5)8(12)9(16)17(6)4-10(13,14)15/h1-3H,4H2. The monoisotopic (exact) mass is 421 g/mol. The summed E-state index contributed by atoms with van der Waals surface area (Å²) in [5.74, 6) is -0.627. The molecule has 0 aliphatic heterocycles. The first kappa shape index (κ1) is 13.1. The van der Waals surface area contributed by atoms with Crippen molar-refractivity contribution in [3.8, 4) is 0 Å². The molecule has 7 heteroatoms. The molecule has 0 radical (unpaired) electrons. The third-order valence-corrected chi connectivity index (χ3v) is 3.97. The number of aromatic nitrogens is 1. The van der Waals surface area contributed by atoms with Gasteiger partial charge in [0, 0.05) is 4.47 Å². The highest BCUT2D eigenvalue weighted by molar-refractivity contribution is 14.1. The lowest BCUT2D eigenvalue weighted by Gasteiger charge is -2.10. The Balaban J connectivity index is 2.72. The quantitative estimate of drug-likeness (QED) is 0.464. The zero-order valence-electron chi connectivity index (χ0n) is 8.15. The zero-order chi connectivity index (χ0) is 12.8. The van der Waals surface area contributed by atoms with Gasteiger partial charge in [0.25, 0.3) is 0 Å². The SMILES string of the molecule is Fc1c(I)n(CC(F)(F)F)c2cccc(Br)c12. The maximum atomic E-state index is 13.8. The van der Waals surface area contributed by atoms with Crippen LogP contribution in [0.4, 0.5) is 17.6 Å². The third kappa shape index (κ3) is 2.44. The molecule has 1 heterocycles. The van der Waals surface area contributed by atoms with E-state index in [2.05, 4.69) is 15.9 Å². The molecule has 2 rings (SSSR count). The van der Waals surface area contributed by atoms with Crippen LogP contribution in [0.25, 0.3) is 10.9 Å². The minimum atomic E-state index is -4.37. The second-order valence-corrected chi connectivity index (χ2v) is 5.32. The summed E-state index contributed by atoms with van der Waals surface area (Å²) in [7, 11) is 0. The summed E-state index contributed by atoms with van der Waals surface area (Å²) in [6.07, 6.45) is -4.37. The van der Waals surface area contributed by atoms with Crippen molar-refractivity contribution < 1.29 is 17.6 Å². The maximum absolute atomic E-state index is 13.8. The second-order valence-electron chi connectivity index (χ2n) is 3.44. The Bertz CT molecular complexity index is 576. The van der Waals surface area contributed by atoms with Gasteiger partial charge in [-0.15, -0.1) is 0 Å². The molecule has 0 aliphatic rings. The van der Waals surface area contributed by atoms with E-state index >= 15 is 0 Å². The lowest BCUT2D eigenvalue weighted by atomic mass is 10.2. The highest BCUT2D eigenvalue weighted by Gasteiger charge is 2.31. The minimum Gasteiger partial charge on any atom is -0.324 e. The average molecular weight is 422 g/mol.